The summed E-state index contributed by atoms with van der Waals surface area (Å²) in [6.45, 7) is 1.97. The largest absolute Gasteiger partial charge is 0.373 e. The molecule has 0 spiro atoms. The van der Waals surface area contributed by atoms with Gasteiger partial charge >= 0.3 is 0 Å². The van der Waals surface area contributed by atoms with Crippen molar-refractivity contribution < 1.29 is 4.39 Å². The standard InChI is InChI=1S/C15H17FN4/c1-9-13(17-2)19-15(10-3-4-10)20-14(9)18-12-7-5-11(16)6-8-12/h5-8,10H,3-4H2,1-2H3,(H2,17,18,19,20). The van der Waals surface area contributed by atoms with Gasteiger partial charge in [0.05, 0.1) is 0 Å². The van der Waals surface area contributed by atoms with Crippen LogP contribution in [0.1, 0.15) is 30.1 Å². The van der Waals surface area contributed by atoms with Crippen molar-refractivity contribution in [3.05, 3.63) is 41.5 Å². The lowest BCUT2D eigenvalue weighted by atomic mass is 10.2. The van der Waals surface area contributed by atoms with E-state index in [1.807, 2.05) is 14.0 Å². The van der Waals surface area contributed by atoms with Crippen molar-refractivity contribution in [2.24, 2.45) is 0 Å². The molecule has 1 aromatic heterocycles. The zero-order valence-electron chi connectivity index (χ0n) is 11.6. The number of aromatic nitrogens is 2. The lowest BCUT2D eigenvalue weighted by molar-refractivity contribution is 0.628. The Labute approximate surface area is 117 Å². The molecule has 4 nitrogen and oxygen atoms in total. The number of rotatable bonds is 4. The van der Waals surface area contributed by atoms with E-state index in [0.717, 1.165) is 41.6 Å². The number of anilines is 3. The maximum Gasteiger partial charge on any atom is 0.139 e. The highest BCUT2D eigenvalue weighted by atomic mass is 19.1. The molecule has 1 aliphatic carbocycles. The minimum absolute atomic E-state index is 0.246. The van der Waals surface area contributed by atoms with Gasteiger partial charge in [-0.2, -0.15) is 0 Å². The maximum atomic E-state index is 12.9. The molecule has 1 fully saturated rings. The second-order valence-electron chi connectivity index (χ2n) is 5.06. The van der Waals surface area contributed by atoms with E-state index in [1.165, 1.54) is 12.1 Å². The van der Waals surface area contributed by atoms with Gasteiger partial charge < -0.3 is 10.6 Å². The Bertz CT molecular complexity index is 621. The molecule has 0 unspecified atom stereocenters. The fourth-order valence-electron chi connectivity index (χ4n) is 2.09. The summed E-state index contributed by atoms with van der Waals surface area (Å²) in [5, 5.41) is 6.34. The monoisotopic (exact) mass is 272 g/mol. The van der Waals surface area contributed by atoms with E-state index in [-0.39, 0.29) is 5.82 Å². The number of nitrogens with zero attached hydrogens (tertiary/aromatic N) is 2. The van der Waals surface area contributed by atoms with Crippen LogP contribution in [0.2, 0.25) is 0 Å². The molecular weight excluding hydrogens is 255 g/mol. The van der Waals surface area contributed by atoms with Gasteiger partial charge in [0.25, 0.3) is 0 Å². The highest BCUT2D eigenvalue weighted by Crippen LogP contribution is 2.39. The van der Waals surface area contributed by atoms with Crippen molar-refractivity contribution >= 4 is 17.3 Å². The number of nitrogens with one attached hydrogen (secondary N) is 2. The summed E-state index contributed by atoms with van der Waals surface area (Å²) in [5.74, 6) is 2.73. The van der Waals surface area contributed by atoms with Crippen molar-refractivity contribution in [2.45, 2.75) is 25.7 Å². The zero-order chi connectivity index (χ0) is 14.1. The average molecular weight is 272 g/mol. The molecule has 0 amide bonds. The van der Waals surface area contributed by atoms with Crippen molar-refractivity contribution in [3.63, 3.8) is 0 Å². The Morgan fingerprint density at radius 3 is 2.35 bits per heavy atom. The first kappa shape index (κ1) is 12.8. The molecule has 0 bridgehead atoms. The van der Waals surface area contributed by atoms with Gasteiger partial charge in [0.1, 0.15) is 23.3 Å². The van der Waals surface area contributed by atoms with E-state index in [2.05, 4.69) is 20.6 Å². The van der Waals surface area contributed by atoms with Gasteiger partial charge in [-0.1, -0.05) is 0 Å². The first-order chi connectivity index (χ1) is 9.67. The first-order valence-electron chi connectivity index (χ1n) is 6.76. The van der Waals surface area contributed by atoms with E-state index in [4.69, 9.17) is 0 Å². The number of hydrogen-bond acceptors (Lipinski definition) is 4. The lowest BCUT2D eigenvalue weighted by Gasteiger charge is -2.13. The molecular formula is C15H17FN4. The summed E-state index contributed by atoms with van der Waals surface area (Å²) in [6.07, 6.45) is 2.31. The van der Waals surface area contributed by atoms with Crippen LogP contribution in [-0.4, -0.2) is 17.0 Å². The lowest BCUT2D eigenvalue weighted by Crippen LogP contribution is -2.06. The van der Waals surface area contributed by atoms with Crippen LogP contribution in [0.15, 0.2) is 24.3 Å². The molecule has 0 saturated heterocycles. The number of benzene rings is 1. The Morgan fingerprint density at radius 1 is 1.10 bits per heavy atom. The summed E-state index contributed by atoms with van der Waals surface area (Å²) in [7, 11) is 1.85. The van der Waals surface area contributed by atoms with Crippen molar-refractivity contribution in [1.29, 1.82) is 0 Å². The molecule has 20 heavy (non-hydrogen) atoms. The summed E-state index contributed by atoms with van der Waals surface area (Å²) in [4.78, 5) is 9.15. The summed E-state index contributed by atoms with van der Waals surface area (Å²) in [6, 6.07) is 6.26. The molecule has 2 N–H and O–H groups in total. The smallest absolute Gasteiger partial charge is 0.139 e. The maximum absolute atomic E-state index is 12.9. The molecule has 3 rings (SSSR count). The van der Waals surface area contributed by atoms with Crippen LogP contribution in [0.4, 0.5) is 21.7 Å². The third kappa shape index (κ3) is 2.57. The van der Waals surface area contributed by atoms with Gasteiger partial charge in [-0.15, -0.1) is 0 Å². The van der Waals surface area contributed by atoms with Gasteiger partial charge in [-0.3, -0.25) is 0 Å². The molecule has 5 heteroatoms. The topological polar surface area (TPSA) is 49.8 Å². The Hall–Kier alpha value is -2.17. The van der Waals surface area contributed by atoms with Crippen molar-refractivity contribution in [3.8, 4) is 0 Å². The fourth-order valence-corrected chi connectivity index (χ4v) is 2.09. The molecule has 1 aliphatic rings. The SMILES string of the molecule is CNc1nc(C2CC2)nc(Nc2ccc(F)cc2)c1C. The minimum atomic E-state index is -0.246. The Morgan fingerprint density at radius 2 is 1.75 bits per heavy atom. The second-order valence-corrected chi connectivity index (χ2v) is 5.06. The van der Waals surface area contributed by atoms with Crippen LogP contribution in [0.5, 0.6) is 0 Å². The van der Waals surface area contributed by atoms with E-state index >= 15 is 0 Å². The molecule has 104 valence electrons. The Balaban J connectivity index is 1.94. The normalized spacial score (nSPS) is 14.2. The molecule has 0 aliphatic heterocycles. The summed E-state index contributed by atoms with van der Waals surface area (Å²) >= 11 is 0. The fraction of sp³-hybridized carbons (Fsp3) is 0.333. The third-order valence-electron chi connectivity index (χ3n) is 3.45. The van der Waals surface area contributed by atoms with E-state index < -0.39 is 0 Å². The van der Waals surface area contributed by atoms with Crippen LogP contribution >= 0.6 is 0 Å². The average Bonchev–Trinajstić information content (AvgIpc) is 3.28. The quantitative estimate of drug-likeness (QED) is 0.893. The minimum Gasteiger partial charge on any atom is -0.373 e. The van der Waals surface area contributed by atoms with Crippen molar-refractivity contribution in [1.82, 2.24) is 9.97 Å². The first-order valence-corrected chi connectivity index (χ1v) is 6.76. The molecule has 1 heterocycles. The second kappa shape index (κ2) is 5.07. The zero-order valence-corrected chi connectivity index (χ0v) is 11.6. The van der Waals surface area contributed by atoms with Crippen LogP contribution in [0, 0.1) is 12.7 Å². The number of halogens is 1. The highest BCUT2D eigenvalue weighted by Gasteiger charge is 2.28. The number of hydrogen-bond donors (Lipinski definition) is 2. The molecule has 1 aromatic carbocycles. The highest BCUT2D eigenvalue weighted by molar-refractivity contribution is 5.64. The van der Waals surface area contributed by atoms with Gasteiger partial charge in [-0.25, -0.2) is 14.4 Å². The van der Waals surface area contributed by atoms with Crippen LogP contribution in [0.25, 0.3) is 0 Å². The molecule has 2 aromatic rings. The predicted octanol–water partition coefficient (Wildman–Crippen LogP) is 3.59. The van der Waals surface area contributed by atoms with Gasteiger partial charge in [-0.05, 0) is 44.0 Å². The van der Waals surface area contributed by atoms with E-state index in [9.17, 15) is 4.39 Å². The van der Waals surface area contributed by atoms with Gasteiger partial charge in [0, 0.05) is 24.2 Å². The van der Waals surface area contributed by atoms with Crippen molar-refractivity contribution in [2.75, 3.05) is 17.7 Å². The predicted molar refractivity (Wildman–Crippen MR) is 78.0 cm³/mol. The van der Waals surface area contributed by atoms with Gasteiger partial charge in [0.2, 0.25) is 0 Å². The third-order valence-corrected chi connectivity index (χ3v) is 3.45. The van der Waals surface area contributed by atoms with E-state index in [0.29, 0.717) is 5.92 Å². The molecule has 0 atom stereocenters. The van der Waals surface area contributed by atoms with Crippen LogP contribution in [0.3, 0.4) is 0 Å². The van der Waals surface area contributed by atoms with Crippen LogP contribution in [-0.2, 0) is 0 Å². The molecule has 0 radical (unpaired) electrons. The van der Waals surface area contributed by atoms with Gasteiger partial charge in [0.15, 0.2) is 0 Å². The van der Waals surface area contributed by atoms with Crippen LogP contribution < -0.4 is 10.6 Å². The summed E-state index contributed by atoms with van der Waals surface area (Å²) < 4.78 is 12.9. The Kier molecular flexibility index (Phi) is 3.26. The summed E-state index contributed by atoms with van der Waals surface area (Å²) in [5.41, 5.74) is 1.78. The molecule has 1 saturated carbocycles. The van der Waals surface area contributed by atoms with E-state index in [1.54, 1.807) is 12.1 Å².